The number of phenolic OH excluding ortho intramolecular Hbond substituents is 1. The number of aromatic hydroxyl groups is 1. The van der Waals surface area contributed by atoms with Crippen molar-refractivity contribution in [2.24, 2.45) is 0 Å². The first-order chi connectivity index (χ1) is 7.58. The summed E-state index contributed by atoms with van der Waals surface area (Å²) in [5.41, 5.74) is 7.67. The molecule has 0 aliphatic heterocycles. The van der Waals surface area contributed by atoms with Crippen molar-refractivity contribution in [3.63, 3.8) is 0 Å². The first kappa shape index (κ1) is 11.0. The number of hydrogen-bond donors (Lipinski definition) is 2. The van der Waals surface area contributed by atoms with Crippen LogP contribution in [0.25, 0.3) is 11.3 Å². The first-order valence-corrected chi connectivity index (χ1v) is 5.95. The maximum absolute atomic E-state index is 9.24. The summed E-state index contributed by atoms with van der Waals surface area (Å²) in [6, 6.07) is 7.04. The van der Waals surface area contributed by atoms with Crippen LogP contribution in [-0.4, -0.2) is 10.1 Å². The van der Waals surface area contributed by atoms with E-state index in [0.717, 1.165) is 11.3 Å². The second-order valence-electron chi connectivity index (χ2n) is 3.97. The highest BCUT2D eigenvalue weighted by atomic mass is 32.1. The van der Waals surface area contributed by atoms with Crippen molar-refractivity contribution in [2.75, 3.05) is 5.73 Å². The Bertz CT molecular complexity index is 488. The third-order valence-electron chi connectivity index (χ3n) is 2.34. The number of rotatable bonds is 2. The minimum absolute atomic E-state index is 0.262. The van der Waals surface area contributed by atoms with Crippen LogP contribution in [0.15, 0.2) is 24.3 Å². The summed E-state index contributed by atoms with van der Waals surface area (Å²) in [5.74, 6) is 0.664. The Morgan fingerprint density at radius 1 is 1.25 bits per heavy atom. The molecule has 3 nitrogen and oxygen atoms in total. The van der Waals surface area contributed by atoms with E-state index in [1.807, 2.05) is 12.1 Å². The number of phenols is 1. The normalized spacial score (nSPS) is 10.9. The van der Waals surface area contributed by atoms with Gasteiger partial charge in [0.15, 0.2) is 5.13 Å². The van der Waals surface area contributed by atoms with E-state index in [0.29, 0.717) is 11.0 Å². The fourth-order valence-electron chi connectivity index (χ4n) is 1.57. The van der Waals surface area contributed by atoms with Gasteiger partial charge in [0.2, 0.25) is 0 Å². The smallest absolute Gasteiger partial charge is 0.180 e. The zero-order chi connectivity index (χ0) is 11.7. The molecule has 0 atom stereocenters. The van der Waals surface area contributed by atoms with E-state index >= 15 is 0 Å². The molecule has 0 saturated carbocycles. The second kappa shape index (κ2) is 4.14. The quantitative estimate of drug-likeness (QED) is 0.838. The number of anilines is 1. The summed E-state index contributed by atoms with van der Waals surface area (Å²) >= 11 is 1.53. The van der Waals surface area contributed by atoms with Gasteiger partial charge >= 0.3 is 0 Å². The van der Waals surface area contributed by atoms with Crippen LogP contribution in [0, 0.1) is 0 Å². The average Bonchev–Trinajstić information content (AvgIpc) is 2.61. The largest absolute Gasteiger partial charge is 0.508 e. The molecule has 2 aromatic rings. The lowest BCUT2D eigenvalue weighted by Crippen LogP contribution is -1.88. The van der Waals surface area contributed by atoms with Gasteiger partial charge in [0, 0.05) is 10.4 Å². The van der Waals surface area contributed by atoms with Gasteiger partial charge in [0.05, 0.1) is 5.69 Å². The molecule has 0 aliphatic rings. The number of benzene rings is 1. The van der Waals surface area contributed by atoms with Crippen molar-refractivity contribution in [2.45, 2.75) is 19.8 Å². The molecule has 16 heavy (non-hydrogen) atoms. The van der Waals surface area contributed by atoms with E-state index < -0.39 is 0 Å². The highest BCUT2D eigenvalue weighted by Crippen LogP contribution is 2.35. The van der Waals surface area contributed by atoms with E-state index in [1.54, 1.807) is 12.1 Å². The predicted octanol–water partition coefficient (Wildman–Crippen LogP) is 3.22. The minimum atomic E-state index is 0.262. The summed E-state index contributed by atoms with van der Waals surface area (Å²) in [7, 11) is 0. The number of nitrogen functional groups attached to an aromatic ring is 1. The molecule has 1 aromatic heterocycles. The maximum Gasteiger partial charge on any atom is 0.180 e. The Morgan fingerprint density at radius 2 is 1.88 bits per heavy atom. The van der Waals surface area contributed by atoms with Gasteiger partial charge in [0.1, 0.15) is 5.75 Å². The topological polar surface area (TPSA) is 59.1 Å². The van der Waals surface area contributed by atoms with Crippen LogP contribution >= 0.6 is 11.3 Å². The maximum atomic E-state index is 9.24. The Kier molecular flexibility index (Phi) is 2.83. The van der Waals surface area contributed by atoms with Crippen LogP contribution in [0.4, 0.5) is 5.13 Å². The molecule has 0 aliphatic carbocycles. The highest BCUT2D eigenvalue weighted by molar-refractivity contribution is 7.15. The Hall–Kier alpha value is -1.55. The van der Waals surface area contributed by atoms with Gasteiger partial charge in [-0.2, -0.15) is 0 Å². The van der Waals surface area contributed by atoms with Crippen LogP contribution in [0.3, 0.4) is 0 Å². The third-order valence-corrected chi connectivity index (χ3v) is 3.52. The average molecular weight is 234 g/mol. The van der Waals surface area contributed by atoms with E-state index in [2.05, 4.69) is 18.8 Å². The van der Waals surface area contributed by atoms with E-state index in [-0.39, 0.29) is 5.75 Å². The van der Waals surface area contributed by atoms with Crippen LogP contribution in [0.2, 0.25) is 0 Å². The number of nitrogens with zero attached hydrogens (tertiary/aromatic N) is 1. The fourth-order valence-corrected chi connectivity index (χ4v) is 2.42. The van der Waals surface area contributed by atoms with Crippen molar-refractivity contribution in [3.05, 3.63) is 29.1 Å². The molecule has 0 spiro atoms. The van der Waals surface area contributed by atoms with E-state index in [4.69, 9.17) is 5.73 Å². The van der Waals surface area contributed by atoms with Gasteiger partial charge in [-0.05, 0) is 30.2 Å². The molecule has 4 heteroatoms. The van der Waals surface area contributed by atoms with E-state index in [1.165, 1.54) is 16.2 Å². The van der Waals surface area contributed by atoms with Gasteiger partial charge in [-0.1, -0.05) is 13.8 Å². The molecule has 0 fully saturated rings. The lowest BCUT2D eigenvalue weighted by atomic mass is 10.1. The zero-order valence-electron chi connectivity index (χ0n) is 9.27. The molecule has 2 rings (SSSR count). The first-order valence-electron chi connectivity index (χ1n) is 5.13. The molecule has 1 heterocycles. The Labute approximate surface area is 98.6 Å². The van der Waals surface area contributed by atoms with Crippen molar-refractivity contribution < 1.29 is 5.11 Å². The van der Waals surface area contributed by atoms with Crippen molar-refractivity contribution in [1.29, 1.82) is 0 Å². The number of aromatic nitrogens is 1. The summed E-state index contributed by atoms with van der Waals surface area (Å²) in [4.78, 5) is 5.53. The van der Waals surface area contributed by atoms with Crippen molar-refractivity contribution in [1.82, 2.24) is 4.98 Å². The Balaban J connectivity index is 2.50. The van der Waals surface area contributed by atoms with E-state index in [9.17, 15) is 5.11 Å². The number of thiazole rings is 1. The lowest BCUT2D eigenvalue weighted by molar-refractivity contribution is 0.475. The summed E-state index contributed by atoms with van der Waals surface area (Å²) in [6.07, 6.45) is 0. The predicted molar refractivity (Wildman–Crippen MR) is 67.7 cm³/mol. The van der Waals surface area contributed by atoms with Crippen molar-refractivity contribution >= 4 is 16.5 Å². The fraction of sp³-hybridized carbons (Fsp3) is 0.250. The van der Waals surface area contributed by atoms with Gasteiger partial charge in [-0.3, -0.25) is 0 Å². The number of hydrogen-bond acceptors (Lipinski definition) is 4. The van der Waals surface area contributed by atoms with Crippen LogP contribution in [-0.2, 0) is 0 Å². The molecule has 0 amide bonds. The lowest BCUT2D eigenvalue weighted by Gasteiger charge is -2.05. The zero-order valence-corrected chi connectivity index (χ0v) is 10.1. The number of nitrogens with two attached hydrogens (primary N) is 1. The molecule has 84 valence electrons. The molecule has 0 bridgehead atoms. The highest BCUT2D eigenvalue weighted by Gasteiger charge is 2.14. The van der Waals surface area contributed by atoms with Crippen LogP contribution < -0.4 is 5.73 Å². The molecule has 0 unspecified atom stereocenters. The van der Waals surface area contributed by atoms with Gasteiger partial charge in [-0.25, -0.2) is 4.98 Å². The third kappa shape index (κ3) is 2.02. The van der Waals surface area contributed by atoms with Crippen LogP contribution in [0.1, 0.15) is 24.6 Å². The SMILES string of the molecule is CC(C)c1sc(N)nc1-c1ccc(O)cc1. The summed E-state index contributed by atoms with van der Waals surface area (Å²) in [5, 5.41) is 9.83. The summed E-state index contributed by atoms with van der Waals surface area (Å²) < 4.78 is 0. The molecular formula is C12H14N2OS. The minimum Gasteiger partial charge on any atom is -0.508 e. The standard InChI is InChI=1S/C12H14N2OS/c1-7(2)11-10(14-12(13)16-11)8-3-5-9(15)6-4-8/h3-7,15H,1-2H3,(H2,13,14). The molecule has 3 N–H and O–H groups in total. The van der Waals surface area contributed by atoms with Crippen molar-refractivity contribution in [3.8, 4) is 17.0 Å². The monoisotopic (exact) mass is 234 g/mol. The molecule has 1 aromatic carbocycles. The van der Waals surface area contributed by atoms with Gasteiger partial charge in [0.25, 0.3) is 0 Å². The van der Waals surface area contributed by atoms with Gasteiger partial charge in [-0.15, -0.1) is 11.3 Å². The van der Waals surface area contributed by atoms with Gasteiger partial charge < -0.3 is 10.8 Å². The second-order valence-corrected chi connectivity index (χ2v) is 5.03. The molecular weight excluding hydrogens is 220 g/mol. The molecule has 0 radical (unpaired) electrons. The molecule has 0 saturated heterocycles. The van der Waals surface area contributed by atoms with Crippen LogP contribution in [0.5, 0.6) is 5.75 Å². The summed E-state index contributed by atoms with van der Waals surface area (Å²) in [6.45, 7) is 4.24. The Morgan fingerprint density at radius 3 is 2.44 bits per heavy atom.